The van der Waals surface area contributed by atoms with Gasteiger partial charge in [0.1, 0.15) is 0 Å². The maximum absolute atomic E-state index is 11.9. The number of urea groups is 1. The molecule has 24 heavy (non-hydrogen) atoms. The number of carboxylic acid groups (broad SMARTS) is 1. The van der Waals surface area contributed by atoms with Gasteiger partial charge in [0, 0.05) is 24.7 Å². The normalized spacial score (nSPS) is 14.7. The van der Waals surface area contributed by atoms with Crippen LogP contribution in [0.1, 0.15) is 52.8 Å². The Balaban J connectivity index is 1.65. The molecule has 0 atom stereocenters. The lowest BCUT2D eigenvalue weighted by Crippen LogP contribution is -2.45. The van der Waals surface area contributed by atoms with Crippen LogP contribution in [0.5, 0.6) is 0 Å². The number of nitrogens with one attached hydrogen (secondary N) is 3. The summed E-state index contributed by atoms with van der Waals surface area (Å²) >= 11 is 0. The summed E-state index contributed by atoms with van der Waals surface area (Å²) in [6, 6.07) is 5.73. The standard InChI is InChI=1S/C17H23N3O4/c21-15(12-6-8-13(9-7-12)16(22)23)18-10-11-19-17(24)20-14-4-2-1-3-5-14/h6-9,14H,1-5,10-11H2,(H,18,21)(H,22,23)(H2,19,20,24). The molecular formula is C17H23N3O4. The van der Waals surface area contributed by atoms with Crippen molar-refractivity contribution in [2.24, 2.45) is 0 Å². The van der Waals surface area contributed by atoms with Crippen molar-refractivity contribution in [2.45, 2.75) is 38.1 Å². The van der Waals surface area contributed by atoms with Crippen molar-refractivity contribution in [3.8, 4) is 0 Å². The number of hydrogen-bond donors (Lipinski definition) is 4. The van der Waals surface area contributed by atoms with Gasteiger partial charge in [-0.25, -0.2) is 9.59 Å². The number of amides is 3. The molecule has 7 nitrogen and oxygen atoms in total. The Morgan fingerprint density at radius 3 is 2.12 bits per heavy atom. The minimum atomic E-state index is -1.03. The van der Waals surface area contributed by atoms with Gasteiger partial charge in [-0.3, -0.25) is 4.79 Å². The molecule has 1 saturated carbocycles. The first-order valence-electron chi connectivity index (χ1n) is 8.22. The molecule has 1 aliphatic carbocycles. The molecule has 0 saturated heterocycles. The number of aromatic carboxylic acids is 1. The Kier molecular flexibility index (Phi) is 6.60. The summed E-state index contributed by atoms with van der Waals surface area (Å²) in [5.74, 6) is -1.34. The lowest BCUT2D eigenvalue weighted by atomic mass is 9.96. The highest BCUT2D eigenvalue weighted by Gasteiger charge is 2.15. The Hall–Kier alpha value is -2.57. The molecule has 3 amide bonds. The van der Waals surface area contributed by atoms with Crippen molar-refractivity contribution >= 4 is 17.9 Å². The van der Waals surface area contributed by atoms with Crippen LogP contribution in [0.15, 0.2) is 24.3 Å². The molecule has 1 aromatic rings. The number of carbonyl (C=O) groups excluding carboxylic acids is 2. The van der Waals surface area contributed by atoms with Gasteiger partial charge in [-0.05, 0) is 37.1 Å². The van der Waals surface area contributed by atoms with E-state index < -0.39 is 5.97 Å². The van der Waals surface area contributed by atoms with E-state index in [0.29, 0.717) is 18.7 Å². The van der Waals surface area contributed by atoms with E-state index in [1.54, 1.807) is 0 Å². The van der Waals surface area contributed by atoms with Crippen LogP contribution in [0.2, 0.25) is 0 Å². The molecule has 4 N–H and O–H groups in total. The Bertz CT molecular complexity index is 580. The number of carboxylic acids is 1. The minimum absolute atomic E-state index is 0.132. The van der Waals surface area contributed by atoms with E-state index in [2.05, 4.69) is 16.0 Å². The third-order valence-corrected chi connectivity index (χ3v) is 4.03. The SMILES string of the molecule is O=C(NCCNC(=O)c1ccc(C(=O)O)cc1)NC1CCCCC1. The predicted molar refractivity (Wildman–Crippen MR) is 89.1 cm³/mol. The monoisotopic (exact) mass is 333 g/mol. The molecule has 0 aromatic heterocycles. The van der Waals surface area contributed by atoms with E-state index in [-0.39, 0.29) is 23.5 Å². The van der Waals surface area contributed by atoms with Gasteiger partial charge < -0.3 is 21.1 Å². The Morgan fingerprint density at radius 2 is 1.50 bits per heavy atom. The van der Waals surface area contributed by atoms with Crippen molar-refractivity contribution in [1.29, 1.82) is 0 Å². The van der Waals surface area contributed by atoms with E-state index in [4.69, 9.17) is 5.11 Å². The largest absolute Gasteiger partial charge is 0.478 e. The summed E-state index contributed by atoms with van der Waals surface area (Å²) in [6.45, 7) is 0.634. The summed E-state index contributed by atoms with van der Waals surface area (Å²) in [7, 11) is 0. The summed E-state index contributed by atoms with van der Waals surface area (Å²) in [4.78, 5) is 34.4. The highest BCUT2D eigenvalue weighted by molar-refractivity contribution is 5.95. The van der Waals surface area contributed by atoms with E-state index in [0.717, 1.165) is 25.7 Å². The van der Waals surface area contributed by atoms with Gasteiger partial charge in [0.2, 0.25) is 0 Å². The van der Waals surface area contributed by atoms with Gasteiger partial charge in [-0.1, -0.05) is 19.3 Å². The fourth-order valence-electron chi connectivity index (χ4n) is 2.70. The summed E-state index contributed by atoms with van der Waals surface area (Å²) < 4.78 is 0. The number of hydrogen-bond acceptors (Lipinski definition) is 3. The smallest absolute Gasteiger partial charge is 0.335 e. The zero-order valence-electron chi connectivity index (χ0n) is 13.5. The average molecular weight is 333 g/mol. The molecule has 1 fully saturated rings. The van der Waals surface area contributed by atoms with Crippen molar-refractivity contribution in [3.63, 3.8) is 0 Å². The summed E-state index contributed by atoms with van der Waals surface area (Å²) in [6.07, 6.45) is 5.59. The quantitative estimate of drug-likeness (QED) is 0.595. The molecule has 7 heteroatoms. The van der Waals surface area contributed by atoms with Gasteiger partial charge in [0.15, 0.2) is 0 Å². The van der Waals surface area contributed by atoms with Crippen LogP contribution in [0, 0.1) is 0 Å². The molecule has 0 spiro atoms. The Labute approximate surface area is 140 Å². The summed E-state index contributed by atoms with van der Waals surface area (Å²) in [5.41, 5.74) is 0.513. The van der Waals surface area contributed by atoms with Crippen LogP contribution >= 0.6 is 0 Å². The Morgan fingerprint density at radius 1 is 0.917 bits per heavy atom. The maximum Gasteiger partial charge on any atom is 0.335 e. The molecule has 1 aliphatic rings. The topological polar surface area (TPSA) is 108 Å². The van der Waals surface area contributed by atoms with E-state index >= 15 is 0 Å². The van der Waals surface area contributed by atoms with Crippen LogP contribution in [0.25, 0.3) is 0 Å². The van der Waals surface area contributed by atoms with Gasteiger partial charge in [-0.2, -0.15) is 0 Å². The molecule has 0 unspecified atom stereocenters. The number of carbonyl (C=O) groups is 3. The van der Waals surface area contributed by atoms with E-state index in [9.17, 15) is 14.4 Å². The fourth-order valence-corrected chi connectivity index (χ4v) is 2.70. The molecule has 130 valence electrons. The van der Waals surface area contributed by atoms with Gasteiger partial charge in [0.25, 0.3) is 5.91 Å². The molecule has 1 aromatic carbocycles. The summed E-state index contributed by atoms with van der Waals surface area (Å²) in [5, 5.41) is 17.1. The van der Waals surface area contributed by atoms with Crippen molar-refractivity contribution in [2.75, 3.05) is 13.1 Å². The van der Waals surface area contributed by atoms with Crippen molar-refractivity contribution < 1.29 is 19.5 Å². The van der Waals surface area contributed by atoms with Gasteiger partial charge in [-0.15, -0.1) is 0 Å². The first-order valence-corrected chi connectivity index (χ1v) is 8.22. The molecule has 0 radical (unpaired) electrons. The van der Waals surface area contributed by atoms with E-state index in [1.807, 2.05) is 0 Å². The van der Waals surface area contributed by atoms with Crippen LogP contribution < -0.4 is 16.0 Å². The van der Waals surface area contributed by atoms with Gasteiger partial charge in [0.05, 0.1) is 5.56 Å². The average Bonchev–Trinajstić information content (AvgIpc) is 2.59. The first-order chi connectivity index (χ1) is 11.6. The second-order valence-electron chi connectivity index (χ2n) is 5.87. The van der Waals surface area contributed by atoms with Crippen LogP contribution in [-0.2, 0) is 0 Å². The van der Waals surface area contributed by atoms with Crippen LogP contribution in [0.3, 0.4) is 0 Å². The van der Waals surface area contributed by atoms with Crippen molar-refractivity contribution in [1.82, 2.24) is 16.0 Å². The number of benzene rings is 1. The first kappa shape index (κ1) is 17.8. The fraction of sp³-hybridized carbons (Fsp3) is 0.471. The third-order valence-electron chi connectivity index (χ3n) is 4.03. The highest BCUT2D eigenvalue weighted by Crippen LogP contribution is 2.17. The van der Waals surface area contributed by atoms with Crippen molar-refractivity contribution in [3.05, 3.63) is 35.4 Å². The minimum Gasteiger partial charge on any atom is -0.478 e. The number of rotatable bonds is 6. The molecule has 2 rings (SSSR count). The third kappa shape index (κ3) is 5.57. The second kappa shape index (κ2) is 8.90. The van der Waals surface area contributed by atoms with E-state index in [1.165, 1.54) is 30.7 Å². The molecule has 0 heterocycles. The molecule has 0 bridgehead atoms. The highest BCUT2D eigenvalue weighted by atomic mass is 16.4. The second-order valence-corrected chi connectivity index (χ2v) is 5.87. The zero-order valence-corrected chi connectivity index (χ0v) is 13.5. The zero-order chi connectivity index (χ0) is 17.4. The predicted octanol–water partition coefficient (Wildman–Crippen LogP) is 1.75. The molecule has 0 aliphatic heterocycles. The molecular weight excluding hydrogens is 310 g/mol. The lowest BCUT2D eigenvalue weighted by Gasteiger charge is -2.22. The maximum atomic E-state index is 11.9. The lowest BCUT2D eigenvalue weighted by molar-refractivity contribution is 0.0696. The van der Waals surface area contributed by atoms with Crippen LogP contribution in [0.4, 0.5) is 4.79 Å². The van der Waals surface area contributed by atoms with Crippen LogP contribution in [-0.4, -0.2) is 42.1 Å². The van der Waals surface area contributed by atoms with Gasteiger partial charge >= 0.3 is 12.0 Å².